The fourth-order valence-corrected chi connectivity index (χ4v) is 0.976. The Balaban J connectivity index is 3.07. The highest BCUT2D eigenvalue weighted by atomic mass is 16.3. The minimum absolute atomic E-state index is 0.521. The van der Waals surface area contributed by atoms with Crippen molar-refractivity contribution >= 4 is 5.71 Å². The van der Waals surface area contributed by atoms with Crippen molar-refractivity contribution in [2.24, 2.45) is 0 Å². The summed E-state index contributed by atoms with van der Waals surface area (Å²) in [6.07, 6.45) is 2.80. The molecule has 1 N–H and O–H groups in total. The maximum Gasteiger partial charge on any atom is 0.318 e. The molecule has 3 nitrogen and oxygen atoms in total. The average Bonchev–Trinajstić information content (AvgIpc) is 1.97. The van der Waals surface area contributed by atoms with E-state index in [-0.39, 0.29) is 0 Å². The number of hydrogen-bond donors (Lipinski definition) is 1. The van der Waals surface area contributed by atoms with E-state index in [2.05, 4.69) is 4.79 Å². The molecule has 0 radical (unpaired) electrons. The molecule has 0 aromatic rings. The Morgan fingerprint density at radius 3 is 2.73 bits per heavy atom. The van der Waals surface area contributed by atoms with Crippen molar-refractivity contribution < 1.29 is 9.90 Å². The predicted molar refractivity (Wildman–Crippen MR) is 42.1 cm³/mol. The second-order valence-corrected chi connectivity index (χ2v) is 2.67. The fourth-order valence-electron chi connectivity index (χ4n) is 0.976. The van der Waals surface area contributed by atoms with Gasteiger partial charge in [-0.25, -0.2) is 0 Å². The van der Waals surface area contributed by atoms with Gasteiger partial charge < -0.3 is 10.6 Å². The Kier molecular flexibility index (Phi) is 2.03. The van der Waals surface area contributed by atoms with Gasteiger partial charge in [0, 0.05) is 11.6 Å². The normalized spacial score (nSPS) is 23.9. The van der Waals surface area contributed by atoms with Crippen molar-refractivity contribution in [3.05, 3.63) is 28.8 Å². The molecule has 0 heterocycles. The summed E-state index contributed by atoms with van der Waals surface area (Å²) in [5, 5.41) is 9.28. The van der Waals surface area contributed by atoms with Crippen molar-refractivity contribution in [2.45, 2.75) is 20.0 Å². The third-order valence-corrected chi connectivity index (χ3v) is 1.75. The van der Waals surface area contributed by atoms with Gasteiger partial charge in [-0.05, 0) is 25.5 Å². The Morgan fingerprint density at radius 2 is 2.18 bits per heavy atom. The molecule has 0 fully saturated rings. The number of aliphatic hydroxyl groups excluding tert-OH is 1. The molecule has 58 valence electrons. The molecule has 1 atom stereocenters. The first kappa shape index (κ1) is 7.92. The van der Waals surface area contributed by atoms with E-state index < -0.39 is 6.10 Å². The zero-order chi connectivity index (χ0) is 8.43. The quantitative estimate of drug-likeness (QED) is 0.405. The molecule has 1 aliphatic carbocycles. The molecule has 0 aromatic carbocycles. The van der Waals surface area contributed by atoms with Gasteiger partial charge in [0.2, 0.25) is 0 Å². The third-order valence-electron chi connectivity index (χ3n) is 1.75. The van der Waals surface area contributed by atoms with Crippen LogP contribution in [0.3, 0.4) is 0 Å². The van der Waals surface area contributed by atoms with E-state index in [0.29, 0.717) is 5.71 Å². The molecular weight excluding hydrogens is 140 g/mol. The largest absolute Gasteiger partial charge is 0.385 e. The molecule has 0 aliphatic heterocycles. The van der Waals surface area contributed by atoms with Crippen molar-refractivity contribution in [1.29, 1.82) is 0 Å². The van der Waals surface area contributed by atoms with Gasteiger partial charge in [0.05, 0.1) is 6.10 Å². The SMILES string of the molecule is CC1=CC(O)C(C)=CC1=[N+]=[N-]. The van der Waals surface area contributed by atoms with Crippen LogP contribution >= 0.6 is 0 Å². The fraction of sp³-hybridized carbons (Fsp3) is 0.375. The number of hydrogen-bond acceptors (Lipinski definition) is 1. The first-order chi connectivity index (χ1) is 5.15. The van der Waals surface area contributed by atoms with Crippen LogP contribution in [0.2, 0.25) is 0 Å². The van der Waals surface area contributed by atoms with Crippen LogP contribution in [-0.2, 0) is 0 Å². The second kappa shape index (κ2) is 2.82. The van der Waals surface area contributed by atoms with E-state index in [0.717, 1.165) is 11.1 Å². The molecule has 0 amide bonds. The summed E-state index contributed by atoms with van der Waals surface area (Å²) in [4.78, 5) is 3.07. The van der Waals surface area contributed by atoms with Crippen LogP contribution < -0.4 is 0 Å². The van der Waals surface area contributed by atoms with Gasteiger partial charge in [0.1, 0.15) is 0 Å². The van der Waals surface area contributed by atoms with Gasteiger partial charge in [0.25, 0.3) is 0 Å². The van der Waals surface area contributed by atoms with Gasteiger partial charge in [0.15, 0.2) is 0 Å². The Labute approximate surface area is 65.3 Å². The Hall–Kier alpha value is -1.18. The van der Waals surface area contributed by atoms with Crippen LogP contribution in [-0.4, -0.2) is 21.7 Å². The van der Waals surface area contributed by atoms with Gasteiger partial charge in [-0.15, -0.1) is 0 Å². The van der Waals surface area contributed by atoms with Crippen molar-refractivity contribution in [3.63, 3.8) is 0 Å². The smallest absolute Gasteiger partial charge is 0.318 e. The molecule has 3 heteroatoms. The number of nitrogens with zero attached hydrogens (tertiary/aromatic N) is 2. The lowest BCUT2D eigenvalue weighted by Crippen LogP contribution is -2.15. The summed E-state index contributed by atoms with van der Waals surface area (Å²) in [6, 6.07) is 0. The highest BCUT2D eigenvalue weighted by Crippen LogP contribution is 2.13. The van der Waals surface area contributed by atoms with Crippen LogP contribution in [0.25, 0.3) is 5.53 Å². The van der Waals surface area contributed by atoms with E-state index in [1.165, 1.54) is 0 Å². The molecule has 1 rings (SSSR count). The molecule has 0 spiro atoms. The molecule has 0 saturated heterocycles. The zero-order valence-corrected chi connectivity index (χ0v) is 6.57. The lowest BCUT2D eigenvalue weighted by Gasteiger charge is -2.09. The van der Waals surface area contributed by atoms with Gasteiger partial charge in [-0.1, -0.05) is 0 Å². The van der Waals surface area contributed by atoms with Crippen LogP contribution in [0.5, 0.6) is 0 Å². The summed E-state index contributed by atoms with van der Waals surface area (Å²) >= 11 is 0. The van der Waals surface area contributed by atoms with E-state index in [4.69, 9.17) is 5.53 Å². The van der Waals surface area contributed by atoms with Crippen LogP contribution in [0, 0.1) is 0 Å². The first-order valence-electron chi connectivity index (χ1n) is 3.42. The predicted octanol–water partition coefficient (Wildman–Crippen LogP) is 0.924. The van der Waals surface area contributed by atoms with E-state index in [1.54, 1.807) is 26.0 Å². The van der Waals surface area contributed by atoms with Crippen molar-refractivity contribution in [2.75, 3.05) is 0 Å². The third kappa shape index (κ3) is 1.45. The number of aliphatic hydroxyl groups is 1. The topological polar surface area (TPSA) is 56.6 Å². The van der Waals surface area contributed by atoms with Crippen LogP contribution in [0.15, 0.2) is 23.3 Å². The van der Waals surface area contributed by atoms with Crippen LogP contribution in [0.4, 0.5) is 0 Å². The average molecular weight is 150 g/mol. The maximum absolute atomic E-state index is 9.28. The standard InChI is InChI=1S/C8H10N2O/c1-5-4-8(11)6(2)3-7(5)10-9/h3-4,8,11H,1-2H3. The summed E-state index contributed by atoms with van der Waals surface area (Å²) in [5.41, 5.74) is 10.6. The van der Waals surface area contributed by atoms with Gasteiger partial charge in [-0.3, -0.25) is 0 Å². The lowest BCUT2D eigenvalue weighted by atomic mass is 9.98. The molecule has 0 saturated carbocycles. The second-order valence-electron chi connectivity index (χ2n) is 2.67. The first-order valence-corrected chi connectivity index (χ1v) is 3.42. The summed E-state index contributed by atoms with van der Waals surface area (Å²) in [7, 11) is 0. The molecule has 11 heavy (non-hydrogen) atoms. The summed E-state index contributed by atoms with van der Waals surface area (Å²) in [5.74, 6) is 0. The van der Waals surface area contributed by atoms with E-state index in [9.17, 15) is 5.11 Å². The van der Waals surface area contributed by atoms with Crippen molar-refractivity contribution in [3.8, 4) is 0 Å². The van der Waals surface area contributed by atoms with E-state index >= 15 is 0 Å². The highest BCUT2D eigenvalue weighted by molar-refractivity contribution is 6.05. The minimum atomic E-state index is -0.527. The molecule has 0 bridgehead atoms. The maximum atomic E-state index is 9.28. The Bertz CT molecular complexity index is 282. The molecule has 1 unspecified atom stereocenters. The van der Waals surface area contributed by atoms with Crippen LogP contribution in [0.1, 0.15) is 13.8 Å². The molecular formula is C8H10N2O. The number of rotatable bonds is 0. The molecule has 0 aromatic heterocycles. The lowest BCUT2D eigenvalue weighted by molar-refractivity contribution is -0.00296. The minimum Gasteiger partial charge on any atom is -0.385 e. The highest BCUT2D eigenvalue weighted by Gasteiger charge is 2.17. The van der Waals surface area contributed by atoms with Gasteiger partial charge in [-0.2, -0.15) is 4.79 Å². The monoisotopic (exact) mass is 150 g/mol. The van der Waals surface area contributed by atoms with Gasteiger partial charge >= 0.3 is 5.71 Å². The Morgan fingerprint density at radius 1 is 1.55 bits per heavy atom. The van der Waals surface area contributed by atoms with E-state index in [1.807, 2.05) is 0 Å². The summed E-state index contributed by atoms with van der Waals surface area (Å²) in [6.45, 7) is 3.58. The number of allylic oxidation sites excluding steroid dienone is 2. The van der Waals surface area contributed by atoms with Crippen molar-refractivity contribution in [1.82, 2.24) is 0 Å². The summed E-state index contributed by atoms with van der Waals surface area (Å²) < 4.78 is 0. The zero-order valence-electron chi connectivity index (χ0n) is 6.57. The molecule has 1 aliphatic rings.